The van der Waals surface area contributed by atoms with Gasteiger partial charge in [-0.3, -0.25) is 9.48 Å². The van der Waals surface area contributed by atoms with Crippen molar-refractivity contribution in [1.82, 2.24) is 19.7 Å². The second-order valence-electron chi connectivity index (χ2n) is 5.68. The minimum Gasteiger partial charge on any atom is -0.333 e. The lowest BCUT2D eigenvalue weighted by molar-refractivity contribution is 0.0725. The molecule has 0 N–H and O–H groups in total. The van der Waals surface area contributed by atoms with Gasteiger partial charge in [0.2, 0.25) is 0 Å². The predicted molar refractivity (Wildman–Crippen MR) is 82.6 cm³/mol. The van der Waals surface area contributed by atoms with Crippen molar-refractivity contribution in [2.45, 2.75) is 46.2 Å². The van der Waals surface area contributed by atoms with Gasteiger partial charge in [0, 0.05) is 12.7 Å². The van der Waals surface area contributed by atoms with Crippen molar-refractivity contribution in [2.75, 3.05) is 6.54 Å². The molecule has 21 heavy (non-hydrogen) atoms. The van der Waals surface area contributed by atoms with E-state index < -0.39 is 0 Å². The van der Waals surface area contributed by atoms with Crippen molar-refractivity contribution in [3.8, 4) is 0 Å². The maximum Gasteiger partial charge on any atom is 0.266 e. The second-order valence-corrected chi connectivity index (χ2v) is 6.88. The van der Waals surface area contributed by atoms with Gasteiger partial charge in [0.25, 0.3) is 5.91 Å². The highest BCUT2D eigenvalue weighted by Crippen LogP contribution is 2.25. The molecule has 0 radical (unpaired) electrons. The molecule has 2 aromatic rings. The summed E-state index contributed by atoms with van der Waals surface area (Å²) in [6.45, 7) is 7.50. The fraction of sp³-hybridized carbons (Fsp3) is 0.533. The molecule has 112 valence electrons. The summed E-state index contributed by atoms with van der Waals surface area (Å²) < 4.78 is 1.94. The Hall–Kier alpha value is -1.69. The molecule has 1 saturated heterocycles. The fourth-order valence-electron chi connectivity index (χ4n) is 2.94. The Balaban J connectivity index is 1.77. The van der Waals surface area contributed by atoms with Gasteiger partial charge in [-0.15, -0.1) is 11.3 Å². The highest BCUT2D eigenvalue weighted by Gasteiger charge is 2.31. The molecule has 0 unspecified atom stereocenters. The molecule has 6 heteroatoms. The Morgan fingerprint density at radius 3 is 2.86 bits per heavy atom. The number of hydrogen-bond acceptors (Lipinski definition) is 4. The molecule has 1 fully saturated rings. The summed E-state index contributed by atoms with van der Waals surface area (Å²) in [5, 5.41) is 5.29. The number of carbonyl (C=O) groups is 1. The van der Waals surface area contributed by atoms with Crippen LogP contribution in [0.1, 0.15) is 38.8 Å². The lowest BCUT2D eigenvalue weighted by atomic mass is 10.2. The van der Waals surface area contributed by atoms with Crippen LogP contribution >= 0.6 is 11.3 Å². The van der Waals surface area contributed by atoms with Gasteiger partial charge in [0.1, 0.15) is 4.88 Å². The van der Waals surface area contributed by atoms with Crippen LogP contribution in [0.5, 0.6) is 0 Å². The van der Waals surface area contributed by atoms with Gasteiger partial charge in [0.15, 0.2) is 0 Å². The SMILES string of the molecule is Cc1cnn(C[C@@H]2CCCN2C(=O)c2sc(C)nc2C)c1. The van der Waals surface area contributed by atoms with E-state index in [2.05, 4.69) is 10.1 Å². The molecular weight excluding hydrogens is 284 g/mol. The maximum absolute atomic E-state index is 12.8. The van der Waals surface area contributed by atoms with E-state index in [9.17, 15) is 4.79 Å². The third-order valence-corrected chi connectivity index (χ3v) is 4.96. The molecule has 0 bridgehead atoms. The number of carbonyl (C=O) groups excluding carboxylic acids is 1. The Morgan fingerprint density at radius 2 is 2.24 bits per heavy atom. The van der Waals surface area contributed by atoms with E-state index in [1.54, 1.807) is 0 Å². The predicted octanol–water partition coefficient (Wildman–Crippen LogP) is 2.57. The van der Waals surface area contributed by atoms with Gasteiger partial charge in [-0.2, -0.15) is 5.10 Å². The average molecular weight is 304 g/mol. The first-order valence-corrected chi connectivity index (χ1v) is 8.10. The lowest BCUT2D eigenvalue weighted by Crippen LogP contribution is -2.38. The van der Waals surface area contributed by atoms with Crippen molar-refractivity contribution in [3.63, 3.8) is 0 Å². The first-order chi connectivity index (χ1) is 10.0. The zero-order valence-electron chi connectivity index (χ0n) is 12.7. The van der Waals surface area contributed by atoms with E-state index in [0.29, 0.717) is 0 Å². The van der Waals surface area contributed by atoms with Gasteiger partial charge >= 0.3 is 0 Å². The number of aryl methyl sites for hydroxylation is 3. The molecule has 0 saturated carbocycles. The normalized spacial score (nSPS) is 18.4. The number of likely N-dealkylation sites (tertiary alicyclic amines) is 1. The number of thiazole rings is 1. The molecule has 2 aromatic heterocycles. The van der Waals surface area contributed by atoms with Crippen LogP contribution in [0.3, 0.4) is 0 Å². The molecular formula is C15H20N4OS. The number of aromatic nitrogens is 3. The summed E-state index contributed by atoms with van der Waals surface area (Å²) in [6.07, 6.45) is 6.00. The van der Waals surface area contributed by atoms with Crippen molar-refractivity contribution in [3.05, 3.63) is 33.5 Å². The summed E-state index contributed by atoms with van der Waals surface area (Å²) in [5.41, 5.74) is 2.00. The number of nitrogens with zero attached hydrogens (tertiary/aromatic N) is 4. The van der Waals surface area contributed by atoms with Crippen molar-refractivity contribution < 1.29 is 4.79 Å². The quantitative estimate of drug-likeness (QED) is 0.875. The van der Waals surface area contributed by atoms with Crippen LogP contribution in [0.2, 0.25) is 0 Å². The van der Waals surface area contributed by atoms with Crippen molar-refractivity contribution >= 4 is 17.2 Å². The molecule has 3 rings (SSSR count). The molecule has 1 atom stereocenters. The number of hydrogen-bond donors (Lipinski definition) is 0. The molecule has 0 spiro atoms. The van der Waals surface area contributed by atoms with E-state index in [-0.39, 0.29) is 11.9 Å². The highest BCUT2D eigenvalue weighted by molar-refractivity contribution is 7.13. The smallest absolute Gasteiger partial charge is 0.266 e. The molecule has 0 aliphatic carbocycles. The minimum atomic E-state index is 0.129. The van der Waals surface area contributed by atoms with Crippen LogP contribution in [0.15, 0.2) is 12.4 Å². The van der Waals surface area contributed by atoms with Crippen molar-refractivity contribution in [1.29, 1.82) is 0 Å². The highest BCUT2D eigenvalue weighted by atomic mass is 32.1. The van der Waals surface area contributed by atoms with E-state index in [1.165, 1.54) is 11.3 Å². The third kappa shape index (κ3) is 2.85. The molecule has 1 aliphatic rings. The monoisotopic (exact) mass is 304 g/mol. The standard InChI is InChI=1S/C15H20N4OS/c1-10-7-16-18(8-10)9-13-5-4-6-19(13)15(20)14-11(2)17-12(3)21-14/h7-8,13H,4-6,9H2,1-3H3/t13-/m0/s1. The maximum atomic E-state index is 12.8. The Bertz CT molecular complexity index is 660. The summed E-state index contributed by atoms with van der Waals surface area (Å²) in [5.74, 6) is 0.129. The molecule has 5 nitrogen and oxygen atoms in total. The van der Waals surface area contributed by atoms with Gasteiger partial charge in [-0.25, -0.2) is 4.98 Å². The van der Waals surface area contributed by atoms with E-state index in [4.69, 9.17) is 0 Å². The molecule has 1 amide bonds. The fourth-order valence-corrected chi connectivity index (χ4v) is 3.81. The van der Waals surface area contributed by atoms with Gasteiger partial charge in [-0.05, 0) is 39.2 Å². The first kappa shape index (κ1) is 14.3. The summed E-state index contributed by atoms with van der Waals surface area (Å²) in [6, 6.07) is 0.235. The molecule has 1 aliphatic heterocycles. The Kier molecular flexibility index (Phi) is 3.80. The van der Waals surface area contributed by atoms with Crippen LogP contribution in [-0.4, -0.2) is 38.2 Å². The van der Waals surface area contributed by atoms with Crippen LogP contribution in [0, 0.1) is 20.8 Å². The van der Waals surface area contributed by atoms with E-state index >= 15 is 0 Å². The largest absolute Gasteiger partial charge is 0.333 e. The Morgan fingerprint density at radius 1 is 1.43 bits per heavy atom. The number of rotatable bonds is 3. The van der Waals surface area contributed by atoms with Gasteiger partial charge in [0.05, 0.1) is 29.5 Å². The Labute approximate surface area is 128 Å². The minimum absolute atomic E-state index is 0.129. The van der Waals surface area contributed by atoms with E-state index in [0.717, 1.165) is 47.1 Å². The third-order valence-electron chi connectivity index (χ3n) is 3.90. The van der Waals surface area contributed by atoms with Crippen LogP contribution in [0.4, 0.5) is 0 Å². The zero-order valence-corrected chi connectivity index (χ0v) is 13.5. The number of amides is 1. The van der Waals surface area contributed by atoms with E-state index in [1.807, 2.05) is 42.7 Å². The molecule has 3 heterocycles. The zero-order chi connectivity index (χ0) is 15.0. The van der Waals surface area contributed by atoms with Crippen LogP contribution < -0.4 is 0 Å². The van der Waals surface area contributed by atoms with Crippen LogP contribution in [0.25, 0.3) is 0 Å². The second kappa shape index (κ2) is 5.60. The van der Waals surface area contributed by atoms with Crippen LogP contribution in [-0.2, 0) is 6.54 Å². The van der Waals surface area contributed by atoms with Gasteiger partial charge < -0.3 is 4.90 Å². The summed E-state index contributed by atoms with van der Waals surface area (Å²) in [7, 11) is 0. The van der Waals surface area contributed by atoms with Gasteiger partial charge in [-0.1, -0.05) is 0 Å². The molecule has 0 aromatic carbocycles. The topological polar surface area (TPSA) is 51.0 Å². The van der Waals surface area contributed by atoms with Crippen molar-refractivity contribution in [2.24, 2.45) is 0 Å². The summed E-state index contributed by atoms with van der Waals surface area (Å²) >= 11 is 1.50. The summed E-state index contributed by atoms with van der Waals surface area (Å²) in [4.78, 5) is 19.9. The first-order valence-electron chi connectivity index (χ1n) is 7.28. The average Bonchev–Trinajstić information content (AvgIpc) is 3.11. The lowest BCUT2D eigenvalue weighted by Gasteiger charge is -2.24.